The van der Waals surface area contributed by atoms with Crippen molar-refractivity contribution in [3.63, 3.8) is 0 Å². The molecule has 0 aliphatic rings. The van der Waals surface area contributed by atoms with Crippen LogP contribution in [0, 0.1) is 0 Å². The molecule has 0 unspecified atom stereocenters. The van der Waals surface area contributed by atoms with Gasteiger partial charge in [0.1, 0.15) is 0 Å². The summed E-state index contributed by atoms with van der Waals surface area (Å²) in [6, 6.07) is 7.17. The second-order valence-corrected chi connectivity index (χ2v) is 6.41. The van der Waals surface area contributed by atoms with E-state index in [0.717, 1.165) is 17.0 Å². The lowest BCUT2D eigenvalue weighted by Crippen LogP contribution is -2.06. The summed E-state index contributed by atoms with van der Waals surface area (Å²) in [5.41, 5.74) is -0.0679. The van der Waals surface area contributed by atoms with Gasteiger partial charge in [0, 0.05) is 21.6 Å². The molecule has 1 N–H and O–H groups in total. The molecule has 7 heteroatoms. The van der Waals surface area contributed by atoms with Crippen molar-refractivity contribution in [2.75, 3.05) is 5.32 Å². The maximum absolute atomic E-state index is 12.5. The normalized spacial score (nSPS) is 11.6. The van der Waals surface area contributed by atoms with E-state index in [1.807, 2.05) is 6.07 Å². The summed E-state index contributed by atoms with van der Waals surface area (Å²) in [7, 11) is 0. The average Bonchev–Trinajstić information content (AvgIpc) is 2.72. The first-order valence-corrected chi connectivity index (χ1v) is 7.20. The Labute approximate surface area is 125 Å². The van der Waals surface area contributed by atoms with Crippen molar-refractivity contribution in [2.45, 2.75) is 12.7 Å². The molecular weight excluding hydrogens is 363 g/mol. The molecule has 2 rings (SSSR count). The number of halogens is 5. The Balaban J connectivity index is 2.09. The van der Waals surface area contributed by atoms with Crippen molar-refractivity contribution >= 4 is 44.6 Å². The van der Waals surface area contributed by atoms with E-state index in [1.165, 1.54) is 17.4 Å². The highest BCUT2D eigenvalue weighted by Gasteiger charge is 2.30. The van der Waals surface area contributed by atoms with Crippen molar-refractivity contribution in [3.05, 3.63) is 49.6 Å². The molecule has 0 spiro atoms. The molecule has 0 bridgehead atoms. The van der Waals surface area contributed by atoms with Crippen LogP contribution in [-0.2, 0) is 12.7 Å². The van der Waals surface area contributed by atoms with Gasteiger partial charge in [-0.05, 0) is 46.3 Å². The average molecular weight is 371 g/mol. The van der Waals surface area contributed by atoms with Gasteiger partial charge in [-0.1, -0.05) is 11.6 Å². The van der Waals surface area contributed by atoms with E-state index in [4.69, 9.17) is 11.6 Å². The zero-order chi connectivity index (χ0) is 14.0. The van der Waals surface area contributed by atoms with Gasteiger partial charge in [-0.2, -0.15) is 13.2 Å². The van der Waals surface area contributed by atoms with Crippen LogP contribution in [0.2, 0.25) is 4.34 Å². The molecule has 1 aromatic carbocycles. The van der Waals surface area contributed by atoms with E-state index >= 15 is 0 Å². The van der Waals surface area contributed by atoms with Gasteiger partial charge in [0.2, 0.25) is 0 Å². The molecule has 0 saturated carbocycles. The van der Waals surface area contributed by atoms with Crippen LogP contribution in [0.5, 0.6) is 0 Å². The minimum absolute atomic E-state index is 0.380. The Kier molecular flexibility index (Phi) is 4.43. The fraction of sp³-hybridized carbons (Fsp3) is 0.167. The summed E-state index contributed by atoms with van der Waals surface area (Å²) in [5, 5.41) is 3.06. The Morgan fingerprint density at radius 3 is 2.47 bits per heavy atom. The number of rotatable bonds is 3. The molecule has 19 heavy (non-hydrogen) atoms. The summed E-state index contributed by atoms with van der Waals surface area (Å²) in [6.45, 7) is 0.515. The quantitative estimate of drug-likeness (QED) is 0.720. The summed E-state index contributed by atoms with van der Waals surface area (Å²) < 4.78 is 38.6. The van der Waals surface area contributed by atoms with Crippen molar-refractivity contribution in [2.24, 2.45) is 0 Å². The minimum atomic E-state index is -4.33. The second-order valence-electron chi connectivity index (χ2n) is 3.75. The van der Waals surface area contributed by atoms with E-state index in [-0.39, 0.29) is 0 Å². The second kappa shape index (κ2) is 5.73. The SMILES string of the molecule is FC(F)(F)c1ccc(NCc2ccc(Cl)s2)c(Br)c1. The molecule has 0 aliphatic heterocycles. The Morgan fingerprint density at radius 1 is 1.21 bits per heavy atom. The molecular formula is C12H8BrClF3NS. The predicted octanol–water partition coefficient (Wildman–Crippen LogP) is 5.79. The topological polar surface area (TPSA) is 12.0 Å². The number of anilines is 1. The Morgan fingerprint density at radius 2 is 1.95 bits per heavy atom. The highest BCUT2D eigenvalue weighted by Crippen LogP contribution is 2.34. The van der Waals surface area contributed by atoms with Crippen LogP contribution in [0.3, 0.4) is 0 Å². The van der Waals surface area contributed by atoms with Crippen LogP contribution >= 0.6 is 38.9 Å². The summed E-state index contributed by atoms with van der Waals surface area (Å²) in [6.07, 6.45) is -4.33. The highest BCUT2D eigenvalue weighted by molar-refractivity contribution is 9.10. The lowest BCUT2D eigenvalue weighted by atomic mass is 10.2. The van der Waals surface area contributed by atoms with Gasteiger partial charge < -0.3 is 5.32 Å². The predicted molar refractivity (Wildman–Crippen MR) is 75.8 cm³/mol. The van der Waals surface area contributed by atoms with Crippen LogP contribution in [-0.4, -0.2) is 0 Å². The lowest BCUT2D eigenvalue weighted by Gasteiger charge is -2.11. The van der Waals surface area contributed by atoms with Crippen molar-refractivity contribution < 1.29 is 13.2 Å². The van der Waals surface area contributed by atoms with Crippen LogP contribution in [0.1, 0.15) is 10.4 Å². The van der Waals surface area contributed by atoms with Gasteiger partial charge >= 0.3 is 6.18 Å². The van der Waals surface area contributed by atoms with Crippen LogP contribution < -0.4 is 5.32 Å². The molecule has 102 valence electrons. The first kappa shape index (κ1) is 14.7. The molecule has 0 aliphatic carbocycles. The molecule has 0 fully saturated rings. The van der Waals surface area contributed by atoms with Crippen molar-refractivity contribution in [3.8, 4) is 0 Å². The van der Waals surface area contributed by atoms with E-state index in [0.29, 0.717) is 21.0 Å². The molecule has 1 aromatic heterocycles. The molecule has 0 atom stereocenters. The third-order valence-electron chi connectivity index (χ3n) is 2.38. The van der Waals surface area contributed by atoms with Gasteiger partial charge in [-0.3, -0.25) is 0 Å². The lowest BCUT2D eigenvalue weighted by molar-refractivity contribution is -0.137. The van der Waals surface area contributed by atoms with Crippen molar-refractivity contribution in [1.29, 1.82) is 0 Å². The number of hydrogen-bond acceptors (Lipinski definition) is 2. The smallest absolute Gasteiger partial charge is 0.379 e. The molecule has 2 aromatic rings. The molecule has 0 saturated heterocycles. The number of thiophene rings is 1. The first-order chi connectivity index (χ1) is 8.86. The number of nitrogens with one attached hydrogen (secondary N) is 1. The van der Waals surface area contributed by atoms with E-state index in [2.05, 4.69) is 21.2 Å². The van der Waals surface area contributed by atoms with Crippen LogP contribution in [0.25, 0.3) is 0 Å². The molecule has 1 heterocycles. The Bertz CT molecular complexity index is 583. The molecule has 0 amide bonds. The standard InChI is InChI=1S/C12H8BrClF3NS/c13-9-5-7(12(15,16)17)1-3-10(9)18-6-8-2-4-11(14)19-8/h1-5,18H,6H2. The number of alkyl halides is 3. The van der Waals surface area contributed by atoms with Gasteiger partial charge in [-0.25, -0.2) is 0 Å². The summed E-state index contributed by atoms with van der Waals surface area (Å²) in [4.78, 5) is 1.01. The van der Waals surface area contributed by atoms with Gasteiger partial charge in [0.05, 0.1) is 9.90 Å². The van der Waals surface area contributed by atoms with Crippen molar-refractivity contribution in [1.82, 2.24) is 0 Å². The zero-order valence-electron chi connectivity index (χ0n) is 9.39. The third kappa shape index (κ3) is 3.87. The summed E-state index contributed by atoms with van der Waals surface area (Å²) in [5.74, 6) is 0. The fourth-order valence-electron chi connectivity index (χ4n) is 1.46. The third-order valence-corrected chi connectivity index (χ3v) is 4.27. The largest absolute Gasteiger partial charge is 0.416 e. The Hall–Kier alpha value is -0.720. The zero-order valence-corrected chi connectivity index (χ0v) is 12.6. The van der Waals surface area contributed by atoms with Crippen LogP contribution in [0.15, 0.2) is 34.8 Å². The van der Waals surface area contributed by atoms with E-state index < -0.39 is 11.7 Å². The van der Waals surface area contributed by atoms with E-state index in [9.17, 15) is 13.2 Å². The van der Waals surface area contributed by atoms with Crippen LogP contribution in [0.4, 0.5) is 18.9 Å². The van der Waals surface area contributed by atoms with Gasteiger partial charge in [-0.15, -0.1) is 11.3 Å². The van der Waals surface area contributed by atoms with Gasteiger partial charge in [0.25, 0.3) is 0 Å². The first-order valence-electron chi connectivity index (χ1n) is 5.21. The maximum Gasteiger partial charge on any atom is 0.416 e. The highest BCUT2D eigenvalue weighted by atomic mass is 79.9. The van der Waals surface area contributed by atoms with E-state index in [1.54, 1.807) is 6.07 Å². The summed E-state index contributed by atoms with van der Waals surface area (Å²) >= 11 is 10.4. The molecule has 1 nitrogen and oxygen atoms in total. The number of hydrogen-bond donors (Lipinski definition) is 1. The number of benzene rings is 1. The monoisotopic (exact) mass is 369 g/mol. The maximum atomic E-state index is 12.5. The fourth-order valence-corrected chi connectivity index (χ4v) is 3.01. The minimum Gasteiger partial charge on any atom is -0.379 e. The van der Waals surface area contributed by atoms with Gasteiger partial charge in [0.15, 0.2) is 0 Å². The molecule has 0 radical (unpaired) electrons.